The molecule has 5 heteroatoms. The second-order valence-corrected chi connectivity index (χ2v) is 7.29. The molecule has 1 aromatic heterocycles. The lowest BCUT2D eigenvalue weighted by Gasteiger charge is -2.44. The average Bonchev–Trinajstić information content (AvgIpc) is 3.11. The van der Waals surface area contributed by atoms with E-state index in [0.717, 1.165) is 24.0 Å². The molecule has 2 aromatic rings. The minimum absolute atomic E-state index is 0.162. The number of ether oxygens (including phenoxy) is 1. The van der Waals surface area contributed by atoms with E-state index in [4.69, 9.17) is 4.74 Å². The van der Waals surface area contributed by atoms with Gasteiger partial charge in [-0.15, -0.1) is 0 Å². The van der Waals surface area contributed by atoms with E-state index < -0.39 is 0 Å². The maximum Gasteiger partial charge on any atom is 0.161 e. The summed E-state index contributed by atoms with van der Waals surface area (Å²) < 4.78 is 7.52. The number of rotatable bonds is 4. The molecule has 0 aliphatic carbocycles. The van der Waals surface area contributed by atoms with Crippen molar-refractivity contribution in [2.45, 2.75) is 44.7 Å². The molecule has 5 nitrogen and oxygen atoms in total. The van der Waals surface area contributed by atoms with E-state index in [-0.39, 0.29) is 5.75 Å². The zero-order valence-corrected chi connectivity index (χ0v) is 14.9. The van der Waals surface area contributed by atoms with Crippen molar-refractivity contribution >= 4 is 0 Å². The summed E-state index contributed by atoms with van der Waals surface area (Å²) in [7, 11) is 1.57. The predicted octanol–water partition coefficient (Wildman–Crippen LogP) is 3.53. The summed E-state index contributed by atoms with van der Waals surface area (Å²) in [4.78, 5) is 7.28. The van der Waals surface area contributed by atoms with Gasteiger partial charge in [0.15, 0.2) is 11.5 Å². The Labute approximate surface area is 149 Å². The van der Waals surface area contributed by atoms with Gasteiger partial charge in [-0.1, -0.05) is 6.42 Å². The quantitative estimate of drug-likeness (QED) is 0.924. The van der Waals surface area contributed by atoms with Crippen LogP contribution in [0.5, 0.6) is 11.5 Å². The Hall–Kier alpha value is -2.01. The smallest absolute Gasteiger partial charge is 0.161 e. The van der Waals surface area contributed by atoms with Crippen molar-refractivity contribution < 1.29 is 9.84 Å². The fourth-order valence-corrected chi connectivity index (χ4v) is 4.58. The fraction of sp³-hybridized carbons (Fsp3) is 0.550. The highest BCUT2D eigenvalue weighted by Crippen LogP contribution is 2.34. The molecule has 0 saturated carbocycles. The first-order chi connectivity index (χ1) is 12.3. The van der Waals surface area contributed by atoms with Crippen molar-refractivity contribution in [1.82, 2.24) is 14.5 Å². The Kier molecular flexibility index (Phi) is 4.66. The largest absolute Gasteiger partial charge is 0.504 e. The van der Waals surface area contributed by atoms with Crippen molar-refractivity contribution in [3.63, 3.8) is 0 Å². The number of phenols is 1. The van der Waals surface area contributed by atoms with Gasteiger partial charge in [-0.25, -0.2) is 4.98 Å². The highest BCUT2D eigenvalue weighted by molar-refractivity contribution is 5.61. The highest BCUT2D eigenvalue weighted by Gasteiger charge is 2.33. The number of benzene rings is 1. The Morgan fingerprint density at radius 1 is 1.20 bits per heavy atom. The fourth-order valence-electron chi connectivity index (χ4n) is 4.58. The summed E-state index contributed by atoms with van der Waals surface area (Å²) >= 11 is 0. The lowest BCUT2D eigenvalue weighted by Crippen LogP contribution is -2.49. The Balaban J connectivity index is 1.57. The van der Waals surface area contributed by atoms with Gasteiger partial charge in [0.2, 0.25) is 0 Å². The van der Waals surface area contributed by atoms with E-state index in [9.17, 15) is 5.11 Å². The number of hydrogen-bond acceptors (Lipinski definition) is 4. The number of nitrogens with zero attached hydrogens (tertiary/aromatic N) is 3. The molecule has 2 saturated heterocycles. The number of aromatic nitrogens is 2. The van der Waals surface area contributed by atoms with E-state index in [0.29, 0.717) is 11.7 Å². The maximum atomic E-state index is 9.83. The number of hydrogen-bond donors (Lipinski definition) is 1. The van der Waals surface area contributed by atoms with Crippen LogP contribution in [0.4, 0.5) is 0 Å². The number of piperidine rings is 2. The van der Waals surface area contributed by atoms with Crippen molar-refractivity contribution in [3.8, 4) is 22.9 Å². The first-order valence-electron chi connectivity index (χ1n) is 9.39. The van der Waals surface area contributed by atoms with Gasteiger partial charge < -0.3 is 19.3 Å². The molecule has 1 aromatic carbocycles. The summed E-state index contributed by atoms with van der Waals surface area (Å²) in [5, 5.41) is 9.83. The molecule has 3 heterocycles. The Morgan fingerprint density at radius 2 is 2.08 bits per heavy atom. The van der Waals surface area contributed by atoms with Crippen LogP contribution < -0.4 is 4.74 Å². The lowest BCUT2D eigenvalue weighted by molar-refractivity contribution is 0.0521. The molecular formula is C20H27N3O2. The SMILES string of the molecule is COc1cc(-c2nccn2C[C@@H]2CCCN3CCCC[C@H]23)ccc1O. The maximum absolute atomic E-state index is 9.83. The van der Waals surface area contributed by atoms with Crippen LogP contribution in [0.2, 0.25) is 0 Å². The van der Waals surface area contributed by atoms with Crippen LogP contribution >= 0.6 is 0 Å². The van der Waals surface area contributed by atoms with E-state index in [1.807, 2.05) is 18.3 Å². The monoisotopic (exact) mass is 341 g/mol. The van der Waals surface area contributed by atoms with E-state index in [1.54, 1.807) is 13.2 Å². The topological polar surface area (TPSA) is 50.5 Å². The van der Waals surface area contributed by atoms with E-state index in [1.165, 1.54) is 45.2 Å². The molecule has 0 radical (unpaired) electrons. The predicted molar refractivity (Wildman–Crippen MR) is 97.8 cm³/mol. The molecule has 25 heavy (non-hydrogen) atoms. The summed E-state index contributed by atoms with van der Waals surface area (Å²) in [6.45, 7) is 3.56. The Bertz CT molecular complexity index is 725. The van der Waals surface area contributed by atoms with Crippen LogP contribution in [0, 0.1) is 5.92 Å². The number of phenolic OH excluding ortho intramolecular Hbond substituents is 1. The third-order valence-corrected chi connectivity index (χ3v) is 5.81. The normalized spacial score (nSPS) is 24.0. The zero-order valence-electron chi connectivity index (χ0n) is 14.9. The molecule has 0 unspecified atom stereocenters. The van der Waals surface area contributed by atoms with Gasteiger partial charge in [0.1, 0.15) is 5.82 Å². The van der Waals surface area contributed by atoms with Gasteiger partial charge in [0.25, 0.3) is 0 Å². The third-order valence-electron chi connectivity index (χ3n) is 5.81. The van der Waals surface area contributed by atoms with Crippen LogP contribution in [-0.2, 0) is 6.54 Å². The van der Waals surface area contributed by atoms with Gasteiger partial charge >= 0.3 is 0 Å². The molecular weight excluding hydrogens is 314 g/mol. The summed E-state index contributed by atoms with van der Waals surface area (Å²) in [6.07, 6.45) is 10.6. The summed E-state index contributed by atoms with van der Waals surface area (Å²) in [6, 6.07) is 6.18. The molecule has 0 spiro atoms. The van der Waals surface area contributed by atoms with Crippen molar-refractivity contribution in [2.24, 2.45) is 5.92 Å². The standard InChI is InChI=1S/C20H27N3O2/c1-25-19-13-15(7-8-18(19)24)20-21-9-12-23(20)14-16-5-4-11-22-10-3-2-6-17(16)22/h7-9,12-13,16-17,24H,2-6,10-11,14H2,1H3/t16-,17+/m0/s1. The molecule has 0 amide bonds. The second-order valence-electron chi connectivity index (χ2n) is 7.29. The summed E-state index contributed by atoms with van der Waals surface area (Å²) in [5.74, 6) is 2.30. The molecule has 134 valence electrons. The molecule has 0 bridgehead atoms. The number of fused-ring (bicyclic) bond motifs is 1. The first-order valence-corrected chi connectivity index (χ1v) is 9.39. The molecule has 2 atom stereocenters. The van der Waals surface area contributed by atoms with Crippen LogP contribution in [0.3, 0.4) is 0 Å². The first kappa shape index (κ1) is 16.5. The van der Waals surface area contributed by atoms with E-state index in [2.05, 4.69) is 20.6 Å². The second kappa shape index (κ2) is 7.08. The molecule has 2 aliphatic heterocycles. The van der Waals surface area contributed by atoms with E-state index >= 15 is 0 Å². The molecule has 2 aliphatic rings. The third kappa shape index (κ3) is 3.25. The Morgan fingerprint density at radius 3 is 2.96 bits per heavy atom. The minimum Gasteiger partial charge on any atom is -0.504 e. The lowest BCUT2D eigenvalue weighted by atomic mass is 9.83. The van der Waals surface area contributed by atoms with Crippen molar-refractivity contribution in [2.75, 3.05) is 20.2 Å². The van der Waals surface area contributed by atoms with Gasteiger partial charge in [0, 0.05) is 30.5 Å². The number of imidazole rings is 1. The molecule has 1 N–H and O–H groups in total. The van der Waals surface area contributed by atoms with Crippen molar-refractivity contribution in [1.29, 1.82) is 0 Å². The number of methoxy groups -OCH3 is 1. The summed E-state index contributed by atoms with van der Waals surface area (Å²) in [5.41, 5.74) is 0.982. The van der Waals surface area contributed by atoms with Gasteiger partial charge in [0.05, 0.1) is 7.11 Å². The zero-order chi connectivity index (χ0) is 17.2. The van der Waals surface area contributed by atoms with Crippen LogP contribution in [-0.4, -0.2) is 45.8 Å². The van der Waals surface area contributed by atoms with Gasteiger partial charge in [-0.2, -0.15) is 0 Å². The number of aromatic hydroxyl groups is 1. The van der Waals surface area contributed by atoms with Crippen LogP contribution in [0.25, 0.3) is 11.4 Å². The van der Waals surface area contributed by atoms with Gasteiger partial charge in [-0.05, 0) is 62.9 Å². The van der Waals surface area contributed by atoms with Crippen LogP contribution in [0.15, 0.2) is 30.6 Å². The minimum atomic E-state index is 0.162. The van der Waals surface area contributed by atoms with Gasteiger partial charge in [-0.3, -0.25) is 0 Å². The molecule has 4 rings (SSSR count). The highest BCUT2D eigenvalue weighted by atomic mass is 16.5. The van der Waals surface area contributed by atoms with Crippen molar-refractivity contribution in [3.05, 3.63) is 30.6 Å². The van der Waals surface area contributed by atoms with Crippen LogP contribution in [0.1, 0.15) is 32.1 Å². The molecule has 2 fully saturated rings. The average molecular weight is 341 g/mol.